The van der Waals surface area contributed by atoms with Gasteiger partial charge in [-0.3, -0.25) is 0 Å². The van der Waals surface area contributed by atoms with E-state index in [0.29, 0.717) is 6.61 Å². The Bertz CT molecular complexity index is 426. The molecule has 0 aromatic carbocycles. The van der Waals surface area contributed by atoms with E-state index < -0.39 is 0 Å². The van der Waals surface area contributed by atoms with Gasteiger partial charge in [-0.05, 0) is 29.9 Å². The minimum atomic E-state index is 0.0859. The Balaban J connectivity index is 2.20. The summed E-state index contributed by atoms with van der Waals surface area (Å²) in [6, 6.07) is 2.32. The topological polar surface area (TPSA) is 49.4 Å². The van der Waals surface area contributed by atoms with E-state index in [-0.39, 0.29) is 17.6 Å². The summed E-state index contributed by atoms with van der Waals surface area (Å²) < 4.78 is 12.9. The highest BCUT2D eigenvalue weighted by Gasteiger charge is 2.32. The van der Waals surface area contributed by atoms with Crippen molar-refractivity contribution in [3.05, 3.63) is 23.5 Å². The fourth-order valence-electron chi connectivity index (χ4n) is 3.07. The number of fused-ring (bicyclic) bond motifs is 1. The van der Waals surface area contributed by atoms with Gasteiger partial charge in [-0.25, -0.2) is 0 Å². The van der Waals surface area contributed by atoms with Gasteiger partial charge in [0.25, 0.3) is 0 Å². The number of nitrogens with two attached hydrogens (primary N) is 1. The van der Waals surface area contributed by atoms with Crippen molar-refractivity contribution in [2.24, 2.45) is 11.1 Å². The Kier molecular flexibility index (Phi) is 4.33. The van der Waals surface area contributed by atoms with Crippen LogP contribution in [0.5, 0.6) is 0 Å². The van der Waals surface area contributed by atoms with Crippen LogP contribution in [0.25, 0.3) is 0 Å². The first kappa shape index (κ1) is 14.6. The van der Waals surface area contributed by atoms with Crippen LogP contribution in [0, 0.1) is 5.41 Å². The minimum absolute atomic E-state index is 0.0859. The molecule has 2 unspecified atom stereocenters. The number of aromatic nitrogens is 1. The van der Waals surface area contributed by atoms with Gasteiger partial charge in [0.1, 0.15) is 0 Å². The van der Waals surface area contributed by atoms with E-state index in [9.17, 15) is 0 Å². The summed E-state index contributed by atoms with van der Waals surface area (Å²) in [7, 11) is 3.44. The van der Waals surface area contributed by atoms with Crippen LogP contribution in [0.15, 0.2) is 12.3 Å². The van der Waals surface area contributed by atoms with Gasteiger partial charge in [-0.1, -0.05) is 13.8 Å². The molecular formula is C15H26N2O2. The summed E-state index contributed by atoms with van der Waals surface area (Å²) in [5.74, 6) is 0. The maximum absolute atomic E-state index is 6.29. The third kappa shape index (κ3) is 3.19. The Hall–Kier alpha value is -0.840. The molecule has 2 rings (SSSR count). The van der Waals surface area contributed by atoms with Crippen molar-refractivity contribution in [3.63, 3.8) is 0 Å². The lowest BCUT2D eigenvalue weighted by Crippen LogP contribution is -2.32. The van der Waals surface area contributed by atoms with E-state index in [2.05, 4.69) is 30.7 Å². The molecule has 0 amide bonds. The quantitative estimate of drug-likeness (QED) is 0.888. The normalized spacial score (nSPS) is 23.1. The van der Waals surface area contributed by atoms with Gasteiger partial charge < -0.3 is 19.8 Å². The summed E-state index contributed by atoms with van der Waals surface area (Å²) in [5.41, 5.74) is 9.22. The molecule has 1 aliphatic carbocycles. The van der Waals surface area contributed by atoms with Crippen molar-refractivity contribution in [2.75, 3.05) is 20.8 Å². The van der Waals surface area contributed by atoms with E-state index >= 15 is 0 Å². The lowest BCUT2D eigenvalue weighted by molar-refractivity contribution is 0.0176. The molecule has 2 atom stereocenters. The molecule has 1 aliphatic rings. The van der Waals surface area contributed by atoms with Gasteiger partial charge in [-0.2, -0.15) is 0 Å². The third-order valence-corrected chi connectivity index (χ3v) is 4.02. The largest absolute Gasteiger partial charge is 0.382 e. The summed E-state index contributed by atoms with van der Waals surface area (Å²) in [6.07, 6.45) is 4.35. The van der Waals surface area contributed by atoms with Crippen molar-refractivity contribution < 1.29 is 9.47 Å². The molecule has 0 saturated carbocycles. The number of nitrogens with zero attached hydrogens (tertiary/aromatic N) is 1. The zero-order chi connectivity index (χ0) is 14.0. The highest BCUT2D eigenvalue weighted by Crippen LogP contribution is 2.40. The van der Waals surface area contributed by atoms with Gasteiger partial charge in [0.15, 0.2) is 0 Å². The molecular weight excluding hydrogens is 240 g/mol. The molecule has 4 heteroatoms. The monoisotopic (exact) mass is 266 g/mol. The Morgan fingerprint density at radius 1 is 1.47 bits per heavy atom. The minimum Gasteiger partial charge on any atom is -0.382 e. The smallest absolute Gasteiger partial charge is 0.0982 e. The average molecular weight is 266 g/mol. The zero-order valence-electron chi connectivity index (χ0n) is 12.5. The van der Waals surface area contributed by atoms with Crippen molar-refractivity contribution in [1.82, 2.24) is 4.57 Å². The molecule has 1 heterocycles. The first-order valence-corrected chi connectivity index (χ1v) is 6.92. The molecule has 2 N–H and O–H groups in total. The van der Waals surface area contributed by atoms with Gasteiger partial charge >= 0.3 is 0 Å². The van der Waals surface area contributed by atoms with Gasteiger partial charge in [-0.15, -0.1) is 0 Å². The van der Waals surface area contributed by atoms with E-state index in [1.807, 2.05) is 0 Å². The molecule has 1 aromatic heterocycles. The van der Waals surface area contributed by atoms with Crippen LogP contribution >= 0.6 is 0 Å². The fraction of sp³-hybridized carbons (Fsp3) is 0.733. The SMILES string of the molecule is COCC(Cn1ccc2c1CC(C)(C)CC2N)OC. The van der Waals surface area contributed by atoms with Crippen LogP contribution in [0.4, 0.5) is 0 Å². The summed E-state index contributed by atoms with van der Waals surface area (Å²) in [5, 5.41) is 0. The maximum Gasteiger partial charge on any atom is 0.0982 e. The van der Waals surface area contributed by atoms with Crippen LogP contribution in [0.1, 0.15) is 37.6 Å². The molecule has 0 spiro atoms. The van der Waals surface area contributed by atoms with Gasteiger partial charge in [0.2, 0.25) is 0 Å². The average Bonchev–Trinajstić information content (AvgIpc) is 2.70. The molecule has 108 valence electrons. The van der Waals surface area contributed by atoms with Crippen LogP contribution < -0.4 is 5.73 Å². The number of methoxy groups -OCH3 is 2. The summed E-state index contributed by atoms with van der Waals surface area (Å²) in [4.78, 5) is 0. The zero-order valence-corrected chi connectivity index (χ0v) is 12.5. The number of hydrogen-bond donors (Lipinski definition) is 1. The predicted octanol–water partition coefficient (Wildman–Crippen LogP) is 2.12. The molecule has 4 nitrogen and oxygen atoms in total. The highest BCUT2D eigenvalue weighted by molar-refractivity contribution is 5.30. The molecule has 1 aromatic rings. The van der Waals surface area contributed by atoms with Crippen LogP contribution in [-0.2, 0) is 22.4 Å². The van der Waals surface area contributed by atoms with Gasteiger partial charge in [0.05, 0.1) is 19.3 Å². The second-order valence-corrected chi connectivity index (χ2v) is 6.33. The second kappa shape index (κ2) is 5.65. The van der Waals surface area contributed by atoms with E-state index in [0.717, 1.165) is 19.4 Å². The summed E-state index contributed by atoms with van der Waals surface area (Å²) in [6.45, 7) is 6.01. The number of rotatable bonds is 5. The van der Waals surface area contributed by atoms with Gasteiger partial charge in [0, 0.05) is 32.2 Å². The van der Waals surface area contributed by atoms with Crippen LogP contribution in [0.2, 0.25) is 0 Å². The Morgan fingerprint density at radius 2 is 2.21 bits per heavy atom. The van der Waals surface area contributed by atoms with Crippen LogP contribution in [0.3, 0.4) is 0 Å². The second-order valence-electron chi connectivity index (χ2n) is 6.33. The predicted molar refractivity (Wildman–Crippen MR) is 76.1 cm³/mol. The number of ether oxygens (including phenoxy) is 2. The molecule has 0 bridgehead atoms. The Morgan fingerprint density at radius 3 is 2.84 bits per heavy atom. The molecule has 0 saturated heterocycles. The van der Waals surface area contributed by atoms with Crippen molar-refractivity contribution in [3.8, 4) is 0 Å². The first-order valence-electron chi connectivity index (χ1n) is 6.92. The lowest BCUT2D eigenvalue weighted by atomic mass is 9.74. The van der Waals surface area contributed by atoms with Crippen molar-refractivity contribution in [2.45, 2.75) is 45.4 Å². The van der Waals surface area contributed by atoms with Crippen LogP contribution in [-0.4, -0.2) is 31.5 Å². The van der Waals surface area contributed by atoms with E-state index in [4.69, 9.17) is 15.2 Å². The molecule has 19 heavy (non-hydrogen) atoms. The maximum atomic E-state index is 6.29. The standard InChI is InChI=1S/C15H26N2O2/c1-15(2)7-13(16)12-5-6-17(14(12)8-15)9-11(19-4)10-18-3/h5-6,11,13H,7-10,16H2,1-4H3. The molecule has 0 aliphatic heterocycles. The first-order chi connectivity index (χ1) is 8.96. The lowest BCUT2D eigenvalue weighted by Gasteiger charge is -2.35. The summed E-state index contributed by atoms with van der Waals surface area (Å²) >= 11 is 0. The Labute approximate surface area is 115 Å². The van der Waals surface area contributed by atoms with Crippen molar-refractivity contribution >= 4 is 0 Å². The molecule has 0 fully saturated rings. The van der Waals surface area contributed by atoms with E-state index in [1.165, 1.54) is 11.3 Å². The third-order valence-electron chi connectivity index (χ3n) is 4.02. The fourth-order valence-corrected chi connectivity index (χ4v) is 3.07. The molecule has 0 radical (unpaired) electrons. The van der Waals surface area contributed by atoms with Crippen molar-refractivity contribution in [1.29, 1.82) is 0 Å². The number of hydrogen-bond acceptors (Lipinski definition) is 3. The highest BCUT2D eigenvalue weighted by atomic mass is 16.5. The van der Waals surface area contributed by atoms with E-state index in [1.54, 1.807) is 14.2 Å².